The lowest BCUT2D eigenvalue weighted by Crippen LogP contribution is -2.44. The van der Waals surface area contributed by atoms with Crippen LogP contribution in [0, 0.1) is 0 Å². The number of amides is 1. The molecule has 1 saturated heterocycles. The molecule has 1 aromatic heterocycles. The summed E-state index contributed by atoms with van der Waals surface area (Å²) in [5.41, 5.74) is 0.708. The molecule has 1 aromatic rings. The number of rotatable bonds is 7. The van der Waals surface area contributed by atoms with Crippen molar-refractivity contribution in [1.82, 2.24) is 9.47 Å². The van der Waals surface area contributed by atoms with E-state index in [9.17, 15) is 9.59 Å². The van der Waals surface area contributed by atoms with Gasteiger partial charge < -0.3 is 14.2 Å². The summed E-state index contributed by atoms with van der Waals surface area (Å²) in [5.74, 6) is -0.124. The van der Waals surface area contributed by atoms with Crippen LogP contribution in [0.4, 0.5) is 0 Å². The van der Waals surface area contributed by atoms with Crippen LogP contribution in [0.15, 0.2) is 31.0 Å². The molecule has 126 valence electrons. The maximum Gasteiger partial charge on any atom is 0.306 e. The number of allylic oxidation sites excluding steroid dienone is 1. The van der Waals surface area contributed by atoms with Gasteiger partial charge in [-0.15, -0.1) is 6.58 Å². The lowest BCUT2D eigenvalue weighted by atomic mass is 9.99. The molecule has 0 aliphatic carbocycles. The minimum atomic E-state index is -0.193. The molecule has 0 aromatic carbocycles. The molecule has 2 heterocycles. The third-order valence-electron chi connectivity index (χ3n) is 4.32. The number of aryl methyl sites for hydroxylation is 1. The largest absolute Gasteiger partial charge is 0.466 e. The molecule has 0 bridgehead atoms. The lowest BCUT2D eigenvalue weighted by Gasteiger charge is -2.35. The van der Waals surface area contributed by atoms with Crippen LogP contribution in [0.5, 0.6) is 0 Å². The van der Waals surface area contributed by atoms with E-state index in [0.29, 0.717) is 31.6 Å². The predicted octanol–water partition coefficient (Wildman–Crippen LogP) is 2.92. The smallest absolute Gasteiger partial charge is 0.306 e. The summed E-state index contributed by atoms with van der Waals surface area (Å²) >= 11 is 0. The highest BCUT2D eigenvalue weighted by molar-refractivity contribution is 5.93. The highest BCUT2D eigenvalue weighted by Crippen LogP contribution is 2.22. The number of likely N-dealkylation sites (tertiary alicyclic amines) is 1. The van der Waals surface area contributed by atoms with Gasteiger partial charge in [-0.25, -0.2) is 0 Å². The Labute approximate surface area is 137 Å². The molecule has 23 heavy (non-hydrogen) atoms. The van der Waals surface area contributed by atoms with E-state index in [1.54, 1.807) is 6.08 Å². The summed E-state index contributed by atoms with van der Waals surface area (Å²) in [6, 6.07) is 3.88. The molecule has 1 aliphatic rings. The van der Waals surface area contributed by atoms with E-state index in [4.69, 9.17) is 4.74 Å². The van der Waals surface area contributed by atoms with Crippen molar-refractivity contribution in [2.75, 3.05) is 13.2 Å². The maximum absolute atomic E-state index is 12.7. The van der Waals surface area contributed by atoms with Crippen LogP contribution in [-0.2, 0) is 16.6 Å². The Kier molecular flexibility index (Phi) is 6.44. The zero-order chi connectivity index (χ0) is 16.7. The zero-order valence-electron chi connectivity index (χ0n) is 13.9. The van der Waals surface area contributed by atoms with Gasteiger partial charge in [-0.2, -0.15) is 0 Å². The van der Waals surface area contributed by atoms with Crippen molar-refractivity contribution in [3.8, 4) is 0 Å². The third kappa shape index (κ3) is 4.71. The molecule has 1 fully saturated rings. The van der Waals surface area contributed by atoms with Crippen molar-refractivity contribution >= 4 is 11.9 Å². The summed E-state index contributed by atoms with van der Waals surface area (Å²) in [7, 11) is 1.88. The quantitative estimate of drug-likeness (QED) is 0.574. The highest BCUT2D eigenvalue weighted by Gasteiger charge is 2.28. The van der Waals surface area contributed by atoms with E-state index in [-0.39, 0.29) is 17.9 Å². The Balaban J connectivity index is 1.88. The van der Waals surface area contributed by atoms with Crippen molar-refractivity contribution < 1.29 is 14.3 Å². The maximum atomic E-state index is 12.7. The van der Waals surface area contributed by atoms with Gasteiger partial charge in [0.15, 0.2) is 0 Å². The molecular weight excluding hydrogens is 292 g/mol. The molecule has 1 amide bonds. The summed E-state index contributed by atoms with van der Waals surface area (Å²) in [5, 5.41) is 0. The van der Waals surface area contributed by atoms with Crippen LogP contribution in [0.1, 0.15) is 49.0 Å². The van der Waals surface area contributed by atoms with E-state index in [2.05, 4.69) is 6.58 Å². The Morgan fingerprint density at radius 2 is 2.26 bits per heavy atom. The number of nitrogens with zero attached hydrogens (tertiary/aromatic N) is 2. The van der Waals surface area contributed by atoms with Crippen molar-refractivity contribution in [3.63, 3.8) is 0 Å². The molecule has 5 heteroatoms. The van der Waals surface area contributed by atoms with Crippen LogP contribution in [0.25, 0.3) is 0 Å². The SMILES string of the molecule is C=CCCC(=O)OCCC1CCCCN1C(=O)c1cccn1C. The van der Waals surface area contributed by atoms with Crippen LogP contribution in [0.2, 0.25) is 0 Å². The molecule has 0 N–H and O–H groups in total. The third-order valence-corrected chi connectivity index (χ3v) is 4.32. The number of carbonyl (C=O) groups is 2. The summed E-state index contributed by atoms with van der Waals surface area (Å²) in [6.07, 6.45) is 8.44. The average Bonchev–Trinajstić information content (AvgIpc) is 2.99. The first-order valence-electron chi connectivity index (χ1n) is 8.32. The van der Waals surface area contributed by atoms with E-state index in [1.807, 2.05) is 34.8 Å². The molecule has 1 unspecified atom stereocenters. The lowest BCUT2D eigenvalue weighted by molar-refractivity contribution is -0.144. The summed E-state index contributed by atoms with van der Waals surface area (Å²) in [4.78, 5) is 26.2. The Hall–Kier alpha value is -2.04. The Bertz CT molecular complexity index is 550. The summed E-state index contributed by atoms with van der Waals surface area (Å²) < 4.78 is 7.11. The number of aromatic nitrogens is 1. The fourth-order valence-corrected chi connectivity index (χ4v) is 3.00. The molecule has 5 nitrogen and oxygen atoms in total. The van der Waals surface area contributed by atoms with Gasteiger partial charge in [-0.3, -0.25) is 9.59 Å². The first-order chi connectivity index (χ1) is 11.1. The number of piperidine rings is 1. The predicted molar refractivity (Wildman–Crippen MR) is 89.1 cm³/mol. The second-order valence-electron chi connectivity index (χ2n) is 5.99. The van der Waals surface area contributed by atoms with Crippen LogP contribution >= 0.6 is 0 Å². The van der Waals surface area contributed by atoms with Gasteiger partial charge in [0.2, 0.25) is 0 Å². The zero-order valence-corrected chi connectivity index (χ0v) is 13.9. The van der Waals surface area contributed by atoms with E-state index < -0.39 is 0 Å². The fraction of sp³-hybridized carbons (Fsp3) is 0.556. The van der Waals surface area contributed by atoms with Gasteiger partial charge in [0.1, 0.15) is 5.69 Å². The highest BCUT2D eigenvalue weighted by atomic mass is 16.5. The monoisotopic (exact) mass is 318 g/mol. The van der Waals surface area contributed by atoms with Gasteiger partial charge in [-0.1, -0.05) is 6.08 Å². The van der Waals surface area contributed by atoms with Crippen molar-refractivity contribution in [2.45, 2.75) is 44.6 Å². The van der Waals surface area contributed by atoms with Gasteiger partial charge >= 0.3 is 5.97 Å². The summed E-state index contributed by atoms with van der Waals surface area (Å²) in [6.45, 7) is 4.74. The van der Waals surface area contributed by atoms with Crippen LogP contribution in [0.3, 0.4) is 0 Å². The molecule has 2 rings (SSSR count). The van der Waals surface area contributed by atoms with Crippen LogP contribution in [-0.4, -0.2) is 40.5 Å². The first kappa shape index (κ1) is 17.3. The fourth-order valence-electron chi connectivity index (χ4n) is 3.00. The number of ether oxygens (including phenoxy) is 1. The number of hydrogen-bond donors (Lipinski definition) is 0. The van der Waals surface area contributed by atoms with Crippen molar-refractivity contribution in [1.29, 1.82) is 0 Å². The molecule has 0 spiro atoms. The minimum absolute atomic E-state index is 0.0696. The minimum Gasteiger partial charge on any atom is -0.466 e. The molecule has 1 aliphatic heterocycles. The van der Waals surface area contributed by atoms with Gasteiger partial charge in [0, 0.05) is 38.7 Å². The van der Waals surface area contributed by atoms with E-state index in [1.165, 1.54) is 0 Å². The molecule has 0 radical (unpaired) electrons. The van der Waals surface area contributed by atoms with Gasteiger partial charge in [-0.05, 0) is 37.8 Å². The topological polar surface area (TPSA) is 51.5 Å². The van der Waals surface area contributed by atoms with E-state index in [0.717, 1.165) is 25.8 Å². The Morgan fingerprint density at radius 3 is 2.96 bits per heavy atom. The van der Waals surface area contributed by atoms with Crippen LogP contribution < -0.4 is 0 Å². The van der Waals surface area contributed by atoms with E-state index >= 15 is 0 Å². The number of esters is 1. The first-order valence-corrected chi connectivity index (χ1v) is 8.32. The Morgan fingerprint density at radius 1 is 1.43 bits per heavy atom. The standard InChI is InChI=1S/C18H26N2O3/c1-3-4-10-17(21)23-14-11-15-8-5-6-13-20(15)18(22)16-9-7-12-19(16)2/h3,7,9,12,15H,1,4-6,8,10-11,13-14H2,2H3. The van der Waals surface area contributed by atoms with Crippen molar-refractivity contribution in [2.24, 2.45) is 7.05 Å². The molecule has 0 saturated carbocycles. The van der Waals surface area contributed by atoms with Gasteiger partial charge in [0.25, 0.3) is 5.91 Å². The number of carbonyl (C=O) groups excluding carboxylic acids is 2. The average molecular weight is 318 g/mol. The van der Waals surface area contributed by atoms with Crippen molar-refractivity contribution in [3.05, 3.63) is 36.7 Å². The van der Waals surface area contributed by atoms with Gasteiger partial charge in [0.05, 0.1) is 6.61 Å². The normalized spacial score (nSPS) is 17.8. The second-order valence-corrected chi connectivity index (χ2v) is 5.99. The molecule has 1 atom stereocenters. The molecular formula is C18H26N2O3. The number of hydrogen-bond acceptors (Lipinski definition) is 3. The second kappa shape index (κ2) is 8.56.